The van der Waals surface area contributed by atoms with E-state index in [1.807, 2.05) is 0 Å². The van der Waals surface area contributed by atoms with Crippen LogP contribution < -0.4 is 0 Å². The average molecular weight is 460 g/mol. The zero-order chi connectivity index (χ0) is 22.5. The maximum atomic E-state index is 12.5. The molecular weight excluding hydrogens is 430 g/mol. The van der Waals surface area contributed by atoms with E-state index in [1.165, 1.54) is 31.3 Å². The summed E-state index contributed by atoms with van der Waals surface area (Å²) in [6, 6.07) is 5.61. The first kappa shape index (κ1) is 24.6. The normalized spacial score (nSPS) is 22.2. The Balaban J connectivity index is 1.86. The summed E-state index contributed by atoms with van der Waals surface area (Å²) in [5, 5.41) is 0.404. The van der Waals surface area contributed by atoms with Gasteiger partial charge in [-0.05, 0) is 54.9 Å². The second kappa shape index (κ2) is 10.6. The summed E-state index contributed by atoms with van der Waals surface area (Å²) < 4.78 is 36.4. The van der Waals surface area contributed by atoms with Crippen LogP contribution in [0.4, 0.5) is 0 Å². The Hall–Kier alpha value is -1.64. The lowest BCUT2D eigenvalue weighted by Gasteiger charge is -2.36. The van der Waals surface area contributed by atoms with Gasteiger partial charge in [0, 0.05) is 12.1 Å². The number of carbonyl (C=O) groups is 2. The number of carbonyl (C=O) groups excluding carboxylic acids is 2. The van der Waals surface area contributed by atoms with Crippen molar-refractivity contribution < 1.29 is 27.5 Å². The van der Waals surface area contributed by atoms with Crippen molar-refractivity contribution in [3.63, 3.8) is 0 Å². The van der Waals surface area contributed by atoms with Gasteiger partial charge in [0.2, 0.25) is 10.0 Å². The standard InChI is InChI=1S/C21H30ClNO6S/c1-14(2)18-10-5-15(3)11-19(18)29-21(25)13-28-20(24)12-23(4)30(26,27)17-8-6-16(22)7-9-17/h6-9,14-15,18-19H,5,10-13H2,1-4H3/t15-,18+,19-/m1/s1. The number of benzene rings is 1. The molecule has 7 nitrogen and oxygen atoms in total. The highest BCUT2D eigenvalue weighted by Gasteiger charge is 2.33. The lowest BCUT2D eigenvalue weighted by Crippen LogP contribution is -2.37. The van der Waals surface area contributed by atoms with Gasteiger partial charge in [-0.15, -0.1) is 0 Å². The number of hydrogen-bond acceptors (Lipinski definition) is 6. The van der Waals surface area contributed by atoms with Gasteiger partial charge in [0.25, 0.3) is 0 Å². The van der Waals surface area contributed by atoms with Crippen molar-refractivity contribution in [3.05, 3.63) is 29.3 Å². The zero-order valence-corrected chi connectivity index (χ0v) is 19.4. The predicted molar refractivity (Wildman–Crippen MR) is 113 cm³/mol. The number of halogens is 1. The Bertz CT molecular complexity index is 840. The molecule has 1 aromatic rings. The number of esters is 2. The second-order valence-corrected chi connectivity index (χ2v) is 10.7. The quantitative estimate of drug-likeness (QED) is 0.552. The van der Waals surface area contributed by atoms with Gasteiger partial charge in [-0.1, -0.05) is 38.8 Å². The molecule has 1 saturated carbocycles. The fourth-order valence-corrected chi connectivity index (χ4v) is 4.93. The second-order valence-electron chi connectivity index (χ2n) is 8.23. The summed E-state index contributed by atoms with van der Waals surface area (Å²) in [6.07, 6.45) is 2.72. The van der Waals surface area contributed by atoms with E-state index in [4.69, 9.17) is 21.1 Å². The molecule has 168 valence electrons. The average Bonchev–Trinajstić information content (AvgIpc) is 2.66. The largest absolute Gasteiger partial charge is 0.460 e. The monoisotopic (exact) mass is 459 g/mol. The summed E-state index contributed by atoms with van der Waals surface area (Å²) in [4.78, 5) is 24.2. The van der Waals surface area contributed by atoms with Gasteiger partial charge in [-0.3, -0.25) is 4.79 Å². The van der Waals surface area contributed by atoms with Crippen LogP contribution in [0.3, 0.4) is 0 Å². The van der Waals surface area contributed by atoms with Crippen LogP contribution in [-0.2, 0) is 29.1 Å². The molecule has 0 heterocycles. The molecule has 30 heavy (non-hydrogen) atoms. The van der Waals surface area contributed by atoms with Gasteiger partial charge in [-0.25, -0.2) is 13.2 Å². The van der Waals surface area contributed by atoms with Gasteiger partial charge in [0.15, 0.2) is 6.61 Å². The molecular formula is C21H30ClNO6S. The summed E-state index contributed by atoms with van der Waals surface area (Å²) >= 11 is 5.77. The van der Waals surface area contributed by atoms with Crippen molar-refractivity contribution in [2.45, 2.75) is 51.0 Å². The molecule has 0 radical (unpaired) electrons. The molecule has 1 aromatic carbocycles. The maximum Gasteiger partial charge on any atom is 0.344 e. The van der Waals surface area contributed by atoms with Crippen LogP contribution in [0.25, 0.3) is 0 Å². The third kappa shape index (κ3) is 6.68. The van der Waals surface area contributed by atoms with Crippen molar-refractivity contribution in [2.24, 2.45) is 17.8 Å². The minimum absolute atomic E-state index is 0.00718. The minimum Gasteiger partial charge on any atom is -0.460 e. The zero-order valence-electron chi connectivity index (χ0n) is 17.8. The smallest absolute Gasteiger partial charge is 0.344 e. The minimum atomic E-state index is -3.88. The molecule has 0 spiro atoms. The van der Waals surface area contributed by atoms with Gasteiger partial charge < -0.3 is 9.47 Å². The molecule has 3 atom stereocenters. The molecule has 0 amide bonds. The predicted octanol–water partition coefficient (Wildman–Crippen LogP) is 3.51. The fraction of sp³-hybridized carbons (Fsp3) is 0.619. The number of likely N-dealkylation sites (N-methyl/N-ethyl adjacent to an activating group) is 1. The van der Waals surface area contributed by atoms with Gasteiger partial charge in [0.1, 0.15) is 12.6 Å². The van der Waals surface area contributed by atoms with Crippen LogP contribution >= 0.6 is 11.6 Å². The lowest BCUT2D eigenvalue weighted by atomic mass is 9.75. The topological polar surface area (TPSA) is 90.0 Å². The molecule has 9 heteroatoms. The Morgan fingerprint density at radius 3 is 2.40 bits per heavy atom. The summed E-state index contributed by atoms with van der Waals surface area (Å²) in [5.74, 6) is -0.283. The van der Waals surface area contributed by atoms with Crippen LogP contribution in [0, 0.1) is 17.8 Å². The molecule has 1 fully saturated rings. The summed E-state index contributed by atoms with van der Waals surface area (Å²) in [5.41, 5.74) is 0. The van der Waals surface area contributed by atoms with Crippen molar-refractivity contribution in [3.8, 4) is 0 Å². The molecule has 0 aliphatic heterocycles. The van der Waals surface area contributed by atoms with Gasteiger partial charge in [0.05, 0.1) is 4.90 Å². The Kier molecular flexibility index (Phi) is 8.70. The van der Waals surface area contributed by atoms with Crippen molar-refractivity contribution in [2.75, 3.05) is 20.2 Å². The van der Waals surface area contributed by atoms with E-state index in [1.54, 1.807) is 0 Å². The van der Waals surface area contributed by atoms with Crippen LogP contribution in [0.2, 0.25) is 5.02 Å². The maximum absolute atomic E-state index is 12.5. The summed E-state index contributed by atoms with van der Waals surface area (Å²) in [6.45, 7) is 5.29. The van der Waals surface area contributed by atoms with Crippen molar-refractivity contribution in [1.82, 2.24) is 4.31 Å². The highest BCUT2D eigenvalue weighted by atomic mass is 35.5. The van der Waals surface area contributed by atoms with Gasteiger partial charge in [-0.2, -0.15) is 4.31 Å². The van der Waals surface area contributed by atoms with E-state index in [2.05, 4.69) is 20.8 Å². The Labute approximate surface area is 183 Å². The highest BCUT2D eigenvalue weighted by molar-refractivity contribution is 7.89. The SMILES string of the molecule is CC(C)[C@@H]1CC[C@@H](C)C[C@H]1OC(=O)COC(=O)CN(C)S(=O)(=O)c1ccc(Cl)cc1. The number of hydrogen-bond donors (Lipinski definition) is 0. The van der Waals surface area contributed by atoms with E-state index in [9.17, 15) is 18.0 Å². The van der Waals surface area contributed by atoms with Gasteiger partial charge >= 0.3 is 11.9 Å². The van der Waals surface area contributed by atoms with Crippen LogP contribution in [0.5, 0.6) is 0 Å². The number of rotatable bonds is 8. The van der Waals surface area contributed by atoms with Crippen molar-refractivity contribution >= 4 is 33.6 Å². The van der Waals surface area contributed by atoms with Crippen molar-refractivity contribution in [1.29, 1.82) is 0 Å². The van der Waals surface area contributed by atoms with E-state index in [0.717, 1.165) is 23.6 Å². The first-order valence-corrected chi connectivity index (χ1v) is 11.9. The molecule has 0 bridgehead atoms. The third-order valence-electron chi connectivity index (χ3n) is 5.47. The number of ether oxygens (including phenoxy) is 2. The van der Waals surface area contributed by atoms with Crippen LogP contribution in [0.15, 0.2) is 29.2 Å². The Morgan fingerprint density at radius 2 is 1.80 bits per heavy atom. The third-order valence-corrected chi connectivity index (χ3v) is 7.54. The molecule has 0 N–H and O–H groups in total. The summed E-state index contributed by atoms with van der Waals surface area (Å²) in [7, 11) is -2.61. The first-order valence-electron chi connectivity index (χ1n) is 10.1. The number of sulfonamides is 1. The lowest BCUT2D eigenvalue weighted by molar-refractivity contribution is -0.167. The van der Waals surface area contributed by atoms with E-state index in [-0.39, 0.29) is 16.9 Å². The van der Waals surface area contributed by atoms with E-state index >= 15 is 0 Å². The molecule has 1 aliphatic carbocycles. The number of nitrogens with zero attached hydrogens (tertiary/aromatic N) is 1. The Morgan fingerprint density at radius 1 is 1.17 bits per heavy atom. The molecule has 0 saturated heterocycles. The molecule has 1 aliphatic rings. The first-order chi connectivity index (χ1) is 14.0. The van der Waals surface area contributed by atoms with Crippen LogP contribution in [-0.4, -0.2) is 51.0 Å². The fourth-order valence-electron chi connectivity index (χ4n) is 3.69. The van der Waals surface area contributed by atoms with E-state index in [0.29, 0.717) is 16.9 Å². The van der Waals surface area contributed by atoms with Crippen LogP contribution in [0.1, 0.15) is 40.0 Å². The molecule has 0 unspecified atom stereocenters. The van der Waals surface area contributed by atoms with E-state index < -0.39 is 35.1 Å². The highest BCUT2D eigenvalue weighted by Crippen LogP contribution is 2.35. The molecule has 2 rings (SSSR count). The molecule has 0 aromatic heterocycles.